The summed E-state index contributed by atoms with van der Waals surface area (Å²) in [7, 11) is 0. The fourth-order valence-electron chi connectivity index (χ4n) is 1.52. The lowest BCUT2D eigenvalue weighted by Crippen LogP contribution is -1.98. The van der Waals surface area contributed by atoms with E-state index >= 15 is 0 Å². The number of hydrogen-bond donors (Lipinski definition) is 1. The summed E-state index contributed by atoms with van der Waals surface area (Å²) < 4.78 is 0. The molecule has 0 spiro atoms. The van der Waals surface area contributed by atoms with E-state index in [1.807, 2.05) is 12.1 Å². The molecule has 2 N–H and O–H groups in total. The molecule has 0 aliphatic heterocycles. The van der Waals surface area contributed by atoms with Crippen molar-refractivity contribution in [3.63, 3.8) is 0 Å². The van der Waals surface area contributed by atoms with Crippen LogP contribution in [0.5, 0.6) is 0 Å². The molecule has 0 radical (unpaired) electrons. The average molecular weight is 234 g/mol. The fourth-order valence-corrected chi connectivity index (χ4v) is 1.74. The zero-order chi connectivity index (χ0) is 11.4. The van der Waals surface area contributed by atoms with Gasteiger partial charge < -0.3 is 5.73 Å². The van der Waals surface area contributed by atoms with Gasteiger partial charge in [0.15, 0.2) is 0 Å². The largest absolute Gasteiger partial charge is 0.398 e. The van der Waals surface area contributed by atoms with Crippen LogP contribution in [0.1, 0.15) is 11.1 Å². The van der Waals surface area contributed by atoms with Crippen molar-refractivity contribution >= 4 is 17.3 Å². The highest BCUT2D eigenvalue weighted by atomic mass is 35.5. The number of aryl methyl sites for hydroxylation is 2. The van der Waals surface area contributed by atoms with Crippen molar-refractivity contribution in [1.29, 1.82) is 0 Å². The Bertz CT molecular complexity index is 440. The summed E-state index contributed by atoms with van der Waals surface area (Å²) in [6, 6.07) is 3.73. The van der Waals surface area contributed by atoms with E-state index in [1.165, 1.54) is 0 Å². The fraction of sp³-hybridized carbons (Fsp3) is 0.167. The molecular weight excluding hydrogens is 222 g/mol. The Morgan fingerprint density at radius 2 is 1.69 bits per heavy atom. The number of hydrogen-bond acceptors (Lipinski definition) is 3. The Balaban J connectivity index is 2.09. The molecule has 0 bridgehead atoms. The number of pyridine rings is 2. The van der Waals surface area contributed by atoms with Crippen molar-refractivity contribution in [2.45, 2.75) is 12.8 Å². The van der Waals surface area contributed by atoms with Gasteiger partial charge in [-0.15, -0.1) is 0 Å². The summed E-state index contributed by atoms with van der Waals surface area (Å²) in [5.41, 5.74) is 8.75. The normalized spacial score (nSPS) is 10.3. The van der Waals surface area contributed by atoms with E-state index in [1.54, 1.807) is 24.8 Å². The van der Waals surface area contributed by atoms with Gasteiger partial charge in [-0.05, 0) is 36.1 Å². The van der Waals surface area contributed by atoms with Crippen molar-refractivity contribution < 1.29 is 0 Å². The summed E-state index contributed by atoms with van der Waals surface area (Å²) >= 11 is 6.02. The third-order valence-corrected chi connectivity index (χ3v) is 2.80. The lowest BCUT2D eigenvalue weighted by atomic mass is 10.1. The number of rotatable bonds is 3. The first-order valence-corrected chi connectivity index (χ1v) is 5.42. The summed E-state index contributed by atoms with van der Waals surface area (Å²) in [5, 5.41) is 0.699. The number of aromatic nitrogens is 2. The van der Waals surface area contributed by atoms with Crippen molar-refractivity contribution in [1.82, 2.24) is 9.97 Å². The van der Waals surface area contributed by atoms with Crippen LogP contribution in [0.15, 0.2) is 36.9 Å². The molecule has 0 amide bonds. The van der Waals surface area contributed by atoms with E-state index in [0.717, 1.165) is 29.7 Å². The van der Waals surface area contributed by atoms with E-state index in [2.05, 4.69) is 9.97 Å². The van der Waals surface area contributed by atoms with Crippen LogP contribution >= 0.6 is 11.6 Å². The van der Waals surface area contributed by atoms with Crippen molar-refractivity contribution in [3.05, 3.63) is 53.1 Å². The zero-order valence-electron chi connectivity index (χ0n) is 8.73. The molecule has 2 aromatic rings. The van der Waals surface area contributed by atoms with E-state index in [9.17, 15) is 0 Å². The van der Waals surface area contributed by atoms with Crippen molar-refractivity contribution in [2.24, 2.45) is 0 Å². The van der Waals surface area contributed by atoms with Gasteiger partial charge in [0.1, 0.15) is 0 Å². The Morgan fingerprint density at radius 3 is 2.44 bits per heavy atom. The van der Waals surface area contributed by atoms with Crippen LogP contribution in [-0.4, -0.2) is 9.97 Å². The van der Waals surface area contributed by atoms with Crippen LogP contribution in [0.2, 0.25) is 5.02 Å². The minimum Gasteiger partial charge on any atom is -0.398 e. The Labute approximate surface area is 99.3 Å². The first-order valence-electron chi connectivity index (χ1n) is 5.04. The van der Waals surface area contributed by atoms with Gasteiger partial charge >= 0.3 is 0 Å². The molecule has 0 aliphatic rings. The minimum atomic E-state index is 0.699. The van der Waals surface area contributed by atoms with Crippen molar-refractivity contribution in [3.8, 4) is 0 Å². The highest BCUT2D eigenvalue weighted by Crippen LogP contribution is 2.17. The highest BCUT2D eigenvalue weighted by molar-refractivity contribution is 6.31. The first kappa shape index (κ1) is 10.9. The maximum absolute atomic E-state index is 6.02. The molecule has 0 saturated heterocycles. The highest BCUT2D eigenvalue weighted by Gasteiger charge is 2.02. The molecular formula is C12H12ClN3. The van der Waals surface area contributed by atoms with Gasteiger partial charge in [-0.1, -0.05) is 11.6 Å². The topological polar surface area (TPSA) is 51.8 Å². The van der Waals surface area contributed by atoms with Crippen LogP contribution in [0, 0.1) is 0 Å². The standard InChI is InChI=1S/C12H12ClN3/c13-11-8-16-5-3-9(11)1-2-10-7-15-6-4-12(10)14/h3-8H,1-2H2,(H2,14,15). The number of halogens is 1. The molecule has 82 valence electrons. The smallest absolute Gasteiger partial charge is 0.0621 e. The summed E-state index contributed by atoms with van der Waals surface area (Å²) in [6.07, 6.45) is 8.57. The van der Waals surface area contributed by atoms with E-state index < -0.39 is 0 Å². The quantitative estimate of drug-likeness (QED) is 0.886. The third-order valence-electron chi connectivity index (χ3n) is 2.46. The van der Waals surface area contributed by atoms with Crippen LogP contribution in [0.25, 0.3) is 0 Å². The molecule has 0 aliphatic carbocycles. The maximum Gasteiger partial charge on any atom is 0.0621 e. The zero-order valence-corrected chi connectivity index (χ0v) is 9.48. The minimum absolute atomic E-state index is 0.699. The average Bonchev–Trinajstić information content (AvgIpc) is 2.30. The molecule has 2 rings (SSSR count). The van der Waals surface area contributed by atoms with E-state index in [-0.39, 0.29) is 0 Å². The molecule has 0 atom stereocenters. The van der Waals surface area contributed by atoms with Gasteiger partial charge in [-0.25, -0.2) is 0 Å². The van der Waals surface area contributed by atoms with Crippen LogP contribution < -0.4 is 5.73 Å². The van der Waals surface area contributed by atoms with Gasteiger partial charge in [0.25, 0.3) is 0 Å². The predicted molar refractivity (Wildman–Crippen MR) is 65.3 cm³/mol. The lowest BCUT2D eigenvalue weighted by molar-refractivity contribution is 0.949. The second kappa shape index (κ2) is 4.94. The Hall–Kier alpha value is -1.61. The van der Waals surface area contributed by atoms with E-state index in [4.69, 9.17) is 17.3 Å². The van der Waals surface area contributed by atoms with Gasteiger partial charge in [0, 0.05) is 30.5 Å². The maximum atomic E-state index is 6.02. The van der Waals surface area contributed by atoms with Gasteiger partial charge in [-0.3, -0.25) is 9.97 Å². The second-order valence-electron chi connectivity index (χ2n) is 3.54. The molecule has 0 aromatic carbocycles. The Morgan fingerprint density at radius 1 is 1.00 bits per heavy atom. The monoisotopic (exact) mass is 233 g/mol. The SMILES string of the molecule is Nc1ccncc1CCc1ccncc1Cl. The van der Waals surface area contributed by atoms with Crippen LogP contribution in [0.3, 0.4) is 0 Å². The molecule has 4 heteroatoms. The van der Waals surface area contributed by atoms with Crippen LogP contribution in [-0.2, 0) is 12.8 Å². The molecule has 0 fully saturated rings. The van der Waals surface area contributed by atoms with E-state index in [0.29, 0.717) is 5.02 Å². The van der Waals surface area contributed by atoms with Gasteiger partial charge in [0.05, 0.1) is 5.02 Å². The number of nitrogens with two attached hydrogens (primary N) is 1. The molecule has 3 nitrogen and oxygen atoms in total. The molecule has 0 unspecified atom stereocenters. The first-order chi connectivity index (χ1) is 7.77. The number of nitrogen functional groups attached to an aromatic ring is 1. The third kappa shape index (κ3) is 2.49. The summed E-state index contributed by atoms with van der Waals surface area (Å²) in [6.45, 7) is 0. The number of nitrogens with zero attached hydrogens (tertiary/aromatic N) is 2. The lowest BCUT2D eigenvalue weighted by Gasteiger charge is -2.05. The van der Waals surface area contributed by atoms with Crippen LogP contribution in [0.4, 0.5) is 5.69 Å². The summed E-state index contributed by atoms with van der Waals surface area (Å²) in [4.78, 5) is 8.00. The van der Waals surface area contributed by atoms with Gasteiger partial charge in [0.2, 0.25) is 0 Å². The van der Waals surface area contributed by atoms with Crippen molar-refractivity contribution in [2.75, 3.05) is 5.73 Å². The molecule has 2 aromatic heterocycles. The van der Waals surface area contributed by atoms with Gasteiger partial charge in [-0.2, -0.15) is 0 Å². The molecule has 2 heterocycles. The number of anilines is 1. The predicted octanol–water partition coefficient (Wildman–Crippen LogP) is 2.50. The second-order valence-corrected chi connectivity index (χ2v) is 3.95. The molecule has 0 saturated carbocycles. The Kier molecular flexibility index (Phi) is 3.37. The molecule has 16 heavy (non-hydrogen) atoms. The summed E-state index contributed by atoms with van der Waals surface area (Å²) in [5.74, 6) is 0.